The molecule has 8 heteroatoms. The minimum absolute atomic E-state index is 0.109. The van der Waals surface area contributed by atoms with Gasteiger partial charge in [-0.3, -0.25) is 9.89 Å². The summed E-state index contributed by atoms with van der Waals surface area (Å²) in [6.45, 7) is 4.51. The molecule has 0 radical (unpaired) electrons. The van der Waals surface area contributed by atoms with Crippen LogP contribution in [-0.2, 0) is 30.6 Å². The molecule has 1 aliphatic carbocycles. The van der Waals surface area contributed by atoms with Crippen molar-refractivity contribution in [2.24, 2.45) is 0 Å². The first-order chi connectivity index (χ1) is 12.5. The molecule has 0 saturated carbocycles. The number of rotatable bonds is 5. The van der Waals surface area contributed by atoms with Crippen LogP contribution in [0.15, 0.2) is 6.33 Å². The smallest absolute Gasteiger partial charge is 0.252 e. The van der Waals surface area contributed by atoms with Crippen molar-refractivity contribution in [2.75, 3.05) is 7.05 Å². The molecule has 136 valence electrons. The van der Waals surface area contributed by atoms with Crippen molar-refractivity contribution in [3.63, 3.8) is 0 Å². The van der Waals surface area contributed by atoms with Gasteiger partial charge < -0.3 is 4.90 Å². The fourth-order valence-electron chi connectivity index (χ4n) is 3.77. The highest BCUT2D eigenvalue weighted by Crippen LogP contribution is 2.23. The van der Waals surface area contributed by atoms with Gasteiger partial charge in [0, 0.05) is 30.6 Å². The molecule has 0 unspecified atom stereocenters. The van der Waals surface area contributed by atoms with Crippen LogP contribution in [0.2, 0.25) is 0 Å². The van der Waals surface area contributed by atoms with Crippen LogP contribution in [0.1, 0.15) is 46.7 Å². The maximum atomic E-state index is 12.6. The first-order valence-electron chi connectivity index (χ1n) is 8.99. The largest absolute Gasteiger partial charge is 0.340 e. The molecule has 1 aliphatic rings. The number of aryl methyl sites for hydroxylation is 3. The molecule has 3 aromatic rings. The van der Waals surface area contributed by atoms with E-state index in [0.29, 0.717) is 25.2 Å². The van der Waals surface area contributed by atoms with E-state index in [1.807, 2.05) is 20.9 Å². The first-order valence-corrected chi connectivity index (χ1v) is 8.99. The molecule has 3 heterocycles. The summed E-state index contributed by atoms with van der Waals surface area (Å²) >= 11 is 0. The lowest BCUT2D eigenvalue weighted by Crippen LogP contribution is -2.27. The van der Waals surface area contributed by atoms with E-state index in [1.165, 1.54) is 24.0 Å². The number of H-pyrrole nitrogens is 1. The second-order valence-corrected chi connectivity index (χ2v) is 6.96. The van der Waals surface area contributed by atoms with Gasteiger partial charge in [0.2, 0.25) is 5.91 Å². The number of carbonyl (C=O) groups excluding carboxylic acids is 1. The van der Waals surface area contributed by atoms with Gasteiger partial charge in [-0.05, 0) is 50.7 Å². The number of aromatic nitrogens is 6. The summed E-state index contributed by atoms with van der Waals surface area (Å²) in [6.07, 6.45) is 5.88. The summed E-state index contributed by atoms with van der Waals surface area (Å²) < 4.78 is 1.73. The number of amides is 1. The van der Waals surface area contributed by atoms with Crippen LogP contribution >= 0.6 is 0 Å². The molecule has 0 aromatic carbocycles. The van der Waals surface area contributed by atoms with Gasteiger partial charge in [0.25, 0.3) is 5.78 Å². The number of hydrogen-bond donors (Lipinski definition) is 1. The molecule has 8 nitrogen and oxygen atoms in total. The molecule has 0 aliphatic heterocycles. The molecule has 0 spiro atoms. The van der Waals surface area contributed by atoms with Gasteiger partial charge in [0.1, 0.15) is 6.33 Å². The van der Waals surface area contributed by atoms with Crippen molar-refractivity contribution in [3.05, 3.63) is 40.2 Å². The maximum absolute atomic E-state index is 12.6. The van der Waals surface area contributed by atoms with Gasteiger partial charge in [-0.15, -0.1) is 0 Å². The van der Waals surface area contributed by atoms with Crippen molar-refractivity contribution in [1.29, 1.82) is 0 Å². The highest BCUT2D eigenvalue weighted by atomic mass is 16.2. The minimum atomic E-state index is 0.109. The summed E-state index contributed by atoms with van der Waals surface area (Å²) in [6, 6.07) is 0. The standard InChI is InChI=1S/C18H23N7O/c1-11-13(12(2)25-18(21-11)19-10-20-25)7-8-17(26)24(3)9-16-14-5-4-6-15(14)22-23-16/h10H,4-9H2,1-3H3,(H,22,23). The SMILES string of the molecule is Cc1nc2ncnn2c(C)c1CCC(=O)N(C)Cc1n[nH]c2c1CCC2. The van der Waals surface area contributed by atoms with Crippen LogP contribution in [0, 0.1) is 13.8 Å². The summed E-state index contributed by atoms with van der Waals surface area (Å²) in [7, 11) is 1.84. The third kappa shape index (κ3) is 2.85. The van der Waals surface area contributed by atoms with E-state index in [1.54, 1.807) is 9.42 Å². The number of aromatic amines is 1. The van der Waals surface area contributed by atoms with Gasteiger partial charge in [-0.2, -0.15) is 15.2 Å². The number of fused-ring (bicyclic) bond motifs is 2. The summed E-state index contributed by atoms with van der Waals surface area (Å²) in [5, 5.41) is 11.7. The second-order valence-electron chi connectivity index (χ2n) is 6.96. The Bertz CT molecular complexity index is 971. The zero-order valence-corrected chi connectivity index (χ0v) is 15.4. The Balaban J connectivity index is 1.43. The third-order valence-corrected chi connectivity index (χ3v) is 5.28. The Morgan fingerprint density at radius 2 is 2.19 bits per heavy atom. The van der Waals surface area contributed by atoms with Gasteiger partial charge >= 0.3 is 0 Å². The van der Waals surface area contributed by atoms with Gasteiger partial charge in [0.05, 0.1) is 12.2 Å². The molecule has 26 heavy (non-hydrogen) atoms. The quantitative estimate of drug-likeness (QED) is 0.751. The highest BCUT2D eigenvalue weighted by molar-refractivity contribution is 5.76. The van der Waals surface area contributed by atoms with Crippen molar-refractivity contribution in [2.45, 2.75) is 52.5 Å². The lowest BCUT2D eigenvalue weighted by atomic mass is 10.1. The first kappa shape index (κ1) is 16.7. The normalized spacial score (nSPS) is 13.3. The van der Waals surface area contributed by atoms with Crippen molar-refractivity contribution in [3.8, 4) is 0 Å². The van der Waals surface area contributed by atoms with E-state index in [9.17, 15) is 4.79 Å². The predicted octanol–water partition coefficient (Wildman–Crippen LogP) is 1.54. The van der Waals surface area contributed by atoms with E-state index in [0.717, 1.165) is 35.5 Å². The molecule has 0 saturated heterocycles. The molecule has 0 bridgehead atoms. The average Bonchev–Trinajstić information content (AvgIpc) is 3.32. The summed E-state index contributed by atoms with van der Waals surface area (Å²) in [4.78, 5) is 23.0. The molecular weight excluding hydrogens is 330 g/mol. The Hall–Kier alpha value is -2.77. The van der Waals surface area contributed by atoms with Crippen LogP contribution < -0.4 is 0 Å². The highest BCUT2D eigenvalue weighted by Gasteiger charge is 2.21. The van der Waals surface area contributed by atoms with Gasteiger partial charge in [0.15, 0.2) is 0 Å². The minimum Gasteiger partial charge on any atom is -0.340 e. The van der Waals surface area contributed by atoms with Crippen LogP contribution in [0.3, 0.4) is 0 Å². The number of hydrogen-bond acceptors (Lipinski definition) is 5. The lowest BCUT2D eigenvalue weighted by Gasteiger charge is -2.17. The van der Waals surface area contributed by atoms with Gasteiger partial charge in [-0.1, -0.05) is 0 Å². The van der Waals surface area contributed by atoms with Crippen molar-refractivity contribution in [1.82, 2.24) is 34.7 Å². The molecular formula is C18H23N7O. The molecule has 0 fully saturated rings. The lowest BCUT2D eigenvalue weighted by molar-refractivity contribution is -0.130. The van der Waals surface area contributed by atoms with E-state index in [2.05, 4.69) is 25.3 Å². The molecule has 3 aromatic heterocycles. The monoisotopic (exact) mass is 353 g/mol. The van der Waals surface area contributed by atoms with E-state index >= 15 is 0 Å². The topological polar surface area (TPSA) is 92.1 Å². The van der Waals surface area contributed by atoms with Crippen LogP contribution in [0.25, 0.3) is 5.78 Å². The van der Waals surface area contributed by atoms with Crippen molar-refractivity contribution >= 4 is 11.7 Å². The van der Waals surface area contributed by atoms with Crippen LogP contribution in [0.5, 0.6) is 0 Å². The Morgan fingerprint density at radius 3 is 3.04 bits per heavy atom. The van der Waals surface area contributed by atoms with Crippen molar-refractivity contribution < 1.29 is 4.79 Å². The van der Waals surface area contributed by atoms with E-state index in [4.69, 9.17) is 0 Å². The maximum Gasteiger partial charge on any atom is 0.252 e. The van der Waals surface area contributed by atoms with E-state index < -0.39 is 0 Å². The van der Waals surface area contributed by atoms with Gasteiger partial charge in [-0.25, -0.2) is 9.50 Å². The number of nitrogens with one attached hydrogen (secondary N) is 1. The Labute approximate surface area is 151 Å². The third-order valence-electron chi connectivity index (χ3n) is 5.28. The fourth-order valence-corrected chi connectivity index (χ4v) is 3.77. The zero-order chi connectivity index (χ0) is 18.3. The molecule has 0 atom stereocenters. The second kappa shape index (κ2) is 6.51. The number of nitrogens with zero attached hydrogens (tertiary/aromatic N) is 6. The molecule has 4 rings (SSSR count). The zero-order valence-electron chi connectivity index (χ0n) is 15.4. The summed E-state index contributed by atoms with van der Waals surface area (Å²) in [5.41, 5.74) is 6.50. The molecule has 1 amide bonds. The molecule has 1 N–H and O–H groups in total. The Morgan fingerprint density at radius 1 is 1.35 bits per heavy atom. The fraction of sp³-hybridized carbons (Fsp3) is 0.500. The average molecular weight is 353 g/mol. The predicted molar refractivity (Wildman–Crippen MR) is 95.7 cm³/mol. The number of carbonyl (C=O) groups is 1. The van der Waals surface area contributed by atoms with Crippen LogP contribution in [-0.4, -0.2) is 47.6 Å². The van der Waals surface area contributed by atoms with E-state index in [-0.39, 0.29) is 5.91 Å². The summed E-state index contributed by atoms with van der Waals surface area (Å²) in [5.74, 6) is 0.705. The van der Waals surface area contributed by atoms with Crippen LogP contribution in [0.4, 0.5) is 0 Å². The Kier molecular flexibility index (Phi) is 4.18.